The Labute approximate surface area is 84.1 Å². The van der Waals surface area contributed by atoms with E-state index in [4.69, 9.17) is 5.73 Å². The van der Waals surface area contributed by atoms with Crippen molar-refractivity contribution in [2.75, 3.05) is 5.73 Å². The maximum absolute atomic E-state index is 11.9. The first-order chi connectivity index (χ1) is 6.70. The van der Waals surface area contributed by atoms with E-state index >= 15 is 0 Å². The van der Waals surface area contributed by atoms with Gasteiger partial charge in [-0.25, -0.2) is 0 Å². The second-order valence-corrected chi connectivity index (χ2v) is 4.01. The summed E-state index contributed by atoms with van der Waals surface area (Å²) in [7, 11) is 0. The number of benzene rings is 1. The minimum Gasteiger partial charge on any atom is -0.398 e. The Kier molecular flexibility index (Phi) is 2.28. The normalized spacial score (nSPS) is 16.4. The van der Waals surface area contributed by atoms with Crippen LogP contribution in [0.1, 0.15) is 35.2 Å². The van der Waals surface area contributed by atoms with Crippen LogP contribution in [0.5, 0.6) is 0 Å². The number of hydrogen-bond donors (Lipinski definition) is 1. The molecule has 2 nitrogen and oxygen atoms in total. The minimum atomic E-state index is 0.260. The van der Waals surface area contributed by atoms with Gasteiger partial charge >= 0.3 is 0 Å². The third-order valence-electron chi connectivity index (χ3n) is 3.12. The van der Waals surface area contributed by atoms with E-state index in [0.717, 1.165) is 29.7 Å². The molecule has 1 saturated carbocycles. The molecule has 0 radical (unpaired) electrons. The summed E-state index contributed by atoms with van der Waals surface area (Å²) >= 11 is 0. The maximum atomic E-state index is 11.9. The summed E-state index contributed by atoms with van der Waals surface area (Å²) < 4.78 is 0. The van der Waals surface area contributed by atoms with Gasteiger partial charge < -0.3 is 5.73 Å². The van der Waals surface area contributed by atoms with Crippen LogP contribution < -0.4 is 5.73 Å². The van der Waals surface area contributed by atoms with Gasteiger partial charge in [0.2, 0.25) is 0 Å². The van der Waals surface area contributed by atoms with Crippen molar-refractivity contribution in [3.63, 3.8) is 0 Å². The van der Waals surface area contributed by atoms with Gasteiger partial charge in [0, 0.05) is 17.2 Å². The smallest absolute Gasteiger partial charge is 0.166 e. The number of hydrogen-bond acceptors (Lipinski definition) is 2. The Morgan fingerprint density at radius 3 is 2.71 bits per heavy atom. The summed E-state index contributed by atoms with van der Waals surface area (Å²) in [6.45, 7) is 1.92. The Morgan fingerprint density at radius 1 is 1.43 bits per heavy atom. The van der Waals surface area contributed by atoms with Gasteiger partial charge in [0.05, 0.1) is 0 Å². The molecule has 0 spiro atoms. The summed E-state index contributed by atoms with van der Waals surface area (Å²) in [4.78, 5) is 11.9. The molecule has 1 aliphatic carbocycles. The van der Waals surface area contributed by atoms with Gasteiger partial charge in [0.1, 0.15) is 0 Å². The average Bonchev–Trinajstić information content (AvgIpc) is 2.06. The lowest BCUT2D eigenvalue weighted by Gasteiger charge is -2.24. The zero-order chi connectivity index (χ0) is 10.1. The van der Waals surface area contributed by atoms with Crippen molar-refractivity contribution in [2.45, 2.75) is 26.2 Å². The van der Waals surface area contributed by atoms with Gasteiger partial charge in [-0.3, -0.25) is 4.79 Å². The van der Waals surface area contributed by atoms with Gasteiger partial charge in [-0.2, -0.15) is 0 Å². The molecule has 74 valence electrons. The molecule has 0 atom stereocenters. The van der Waals surface area contributed by atoms with Crippen LogP contribution in [0.3, 0.4) is 0 Å². The number of anilines is 1. The standard InChI is InChI=1S/C12H15NO/c1-8-10(6-3-7-11(8)13)12(14)9-4-2-5-9/h3,6-7,9H,2,4-5,13H2,1H3. The van der Waals surface area contributed by atoms with Crippen LogP contribution in [0.15, 0.2) is 18.2 Å². The van der Waals surface area contributed by atoms with Gasteiger partial charge in [-0.1, -0.05) is 18.6 Å². The van der Waals surface area contributed by atoms with Gasteiger partial charge in [-0.15, -0.1) is 0 Å². The number of Topliss-reactive ketones (excluding diaryl/α,β-unsaturated/α-hetero) is 1. The summed E-state index contributed by atoms with van der Waals surface area (Å²) in [5, 5.41) is 0. The highest BCUT2D eigenvalue weighted by molar-refractivity contribution is 6.00. The molecular formula is C12H15NO. The van der Waals surface area contributed by atoms with Crippen LogP contribution in [0.4, 0.5) is 5.69 Å². The molecule has 1 fully saturated rings. The molecule has 2 heteroatoms. The lowest BCUT2D eigenvalue weighted by atomic mass is 9.79. The SMILES string of the molecule is Cc1c(N)cccc1C(=O)C1CCC1. The predicted octanol–water partition coefficient (Wildman–Crippen LogP) is 2.56. The van der Waals surface area contributed by atoms with Crippen LogP contribution in [-0.2, 0) is 0 Å². The van der Waals surface area contributed by atoms with Crippen LogP contribution in [0, 0.1) is 12.8 Å². The molecule has 1 aromatic rings. The third kappa shape index (κ3) is 1.41. The lowest BCUT2D eigenvalue weighted by molar-refractivity contribution is 0.0854. The summed E-state index contributed by atoms with van der Waals surface area (Å²) in [5.41, 5.74) is 8.23. The van der Waals surface area contributed by atoms with E-state index in [1.807, 2.05) is 25.1 Å². The largest absolute Gasteiger partial charge is 0.398 e. The number of nitrogen functional groups attached to an aromatic ring is 1. The summed E-state index contributed by atoms with van der Waals surface area (Å²) in [5.74, 6) is 0.538. The number of rotatable bonds is 2. The molecule has 0 saturated heterocycles. The molecule has 0 heterocycles. The number of ketones is 1. The molecule has 1 aromatic carbocycles. The van der Waals surface area contributed by atoms with Crippen LogP contribution in [0.2, 0.25) is 0 Å². The summed E-state index contributed by atoms with van der Waals surface area (Å²) in [6, 6.07) is 5.58. The van der Waals surface area contributed by atoms with E-state index in [1.165, 1.54) is 6.42 Å². The van der Waals surface area contributed by atoms with E-state index in [-0.39, 0.29) is 11.7 Å². The van der Waals surface area contributed by atoms with Gasteiger partial charge in [0.15, 0.2) is 5.78 Å². The first kappa shape index (κ1) is 9.25. The molecular weight excluding hydrogens is 174 g/mol. The lowest BCUT2D eigenvalue weighted by Crippen LogP contribution is -2.22. The van der Waals surface area contributed by atoms with E-state index < -0.39 is 0 Å². The Morgan fingerprint density at radius 2 is 2.14 bits per heavy atom. The Hall–Kier alpha value is -1.31. The maximum Gasteiger partial charge on any atom is 0.166 e. The van der Waals surface area contributed by atoms with E-state index in [1.54, 1.807) is 0 Å². The third-order valence-corrected chi connectivity index (χ3v) is 3.12. The Balaban J connectivity index is 2.31. The first-order valence-electron chi connectivity index (χ1n) is 5.09. The fourth-order valence-corrected chi connectivity index (χ4v) is 1.81. The fourth-order valence-electron chi connectivity index (χ4n) is 1.81. The zero-order valence-electron chi connectivity index (χ0n) is 8.42. The second-order valence-electron chi connectivity index (χ2n) is 4.01. The minimum absolute atomic E-state index is 0.260. The average molecular weight is 189 g/mol. The highest BCUT2D eigenvalue weighted by Gasteiger charge is 2.27. The molecule has 2 rings (SSSR count). The highest BCUT2D eigenvalue weighted by Crippen LogP contribution is 2.31. The van der Waals surface area contributed by atoms with Gasteiger partial charge in [-0.05, 0) is 31.4 Å². The fraction of sp³-hybridized carbons (Fsp3) is 0.417. The molecule has 2 N–H and O–H groups in total. The van der Waals surface area contributed by atoms with Crippen LogP contribution in [-0.4, -0.2) is 5.78 Å². The van der Waals surface area contributed by atoms with Crippen molar-refractivity contribution < 1.29 is 4.79 Å². The second kappa shape index (κ2) is 3.45. The Bertz CT molecular complexity index is 367. The molecule has 0 aromatic heterocycles. The molecule has 0 bridgehead atoms. The van der Waals surface area contributed by atoms with Crippen molar-refractivity contribution in [1.82, 2.24) is 0 Å². The van der Waals surface area contributed by atoms with E-state index in [9.17, 15) is 4.79 Å². The topological polar surface area (TPSA) is 43.1 Å². The van der Waals surface area contributed by atoms with Crippen molar-refractivity contribution >= 4 is 11.5 Å². The van der Waals surface area contributed by atoms with Crippen molar-refractivity contribution in [1.29, 1.82) is 0 Å². The number of carbonyl (C=O) groups excluding carboxylic acids is 1. The number of carbonyl (C=O) groups is 1. The number of nitrogens with two attached hydrogens (primary N) is 1. The van der Waals surface area contributed by atoms with E-state index in [0.29, 0.717) is 0 Å². The first-order valence-corrected chi connectivity index (χ1v) is 5.09. The molecule has 0 unspecified atom stereocenters. The van der Waals surface area contributed by atoms with Crippen LogP contribution in [0.25, 0.3) is 0 Å². The van der Waals surface area contributed by atoms with Crippen molar-refractivity contribution in [2.24, 2.45) is 5.92 Å². The summed E-state index contributed by atoms with van der Waals surface area (Å²) in [6.07, 6.45) is 3.29. The molecule has 1 aliphatic rings. The molecule has 14 heavy (non-hydrogen) atoms. The van der Waals surface area contributed by atoms with Crippen LogP contribution >= 0.6 is 0 Å². The zero-order valence-corrected chi connectivity index (χ0v) is 8.42. The monoisotopic (exact) mass is 189 g/mol. The van der Waals surface area contributed by atoms with Crippen molar-refractivity contribution in [3.8, 4) is 0 Å². The quantitative estimate of drug-likeness (QED) is 0.574. The van der Waals surface area contributed by atoms with Crippen molar-refractivity contribution in [3.05, 3.63) is 29.3 Å². The molecule has 0 amide bonds. The molecule has 0 aliphatic heterocycles. The van der Waals surface area contributed by atoms with E-state index in [2.05, 4.69) is 0 Å². The predicted molar refractivity (Wildman–Crippen MR) is 57.3 cm³/mol. The highest BCUT2D eigenvalue weighted by atomic mass is 16.1. The van der Waals surface area contributed by atoms with Gasteiger partial charge in [0.25, 0.3) is 0 Å².